The first-order valence-electron chi connectivity index (χ1n) is 10.1. The highest BCUT2D eigenvalue weighted by Crippen LogP contribution is 2.33. The van der Waals surface area contributed by atoms with E-state index in [0.29, 0.717) is 5.92 Å². The van der Waals surface area contributed by atoms with Gasteiger partial charge in [0.25, 0.3) is 0 Å². The van der Waals surface area contributed by atoms with Crippen molar-refractivity contribution in [2.24, 2.45) is 5.92 Å². The van der Waals surface area contributed by atoms with Crippen molar-refractivity contribution in [1.82, 2.24) is 4.98 Å². The lowest BCUT2D eigenvalue weighted by molar-refractivity contribution is 0.0664. The summed E-state index contributed by atoms with van der Waals surface area (Å²) in [5.74, 6) is 2.18. The smallest absolute Gasteiger partial charge is 0.187 e. The lowest BCUT2D eigenvalue weighted by Crippen LogP contribution is -2.17. The van der Waals surface area contributed by atoms with E-state index in [2.05, 4.69) is 23.3 Å². The molecule has 2 aromatic carbocycles. The van der Waals surface area contributed by atoms with Gasteiger partial charge < -0.3 is 19.3 Å². The molecule has 1 N–H and O–H groups in total. The first-order chi connectivity index (χ1) is 14.6. The second kappa shape index (κ2) is 9.83. The number of aryl methyl sites for hydroxylation is 1. The molecular weight excluding hydrogens is 416 g/mol. The molecule has 0 amide bonds. The van der Waals surface area contributed by atoms with Gasteiger partial charge in [0, 0.05) is 30.0 Å². The van der Waals surface area contributed by atoms with E-state index in [1.54, 1.807) is 17.6 Å². The van der Waals surface area contributed by atoms with Crippen LogP contribution in [0.25, 0.3) is 0 Å². The van der Waals surface area contributed by atoms with Crippen molar-refractivity contribution < 1.29 is 14.0 Å². The van der Waals surface area contributed by atoms with Crippen LogP contribution < -0.4 is 10.1 Å². The minimum absolute atomic E-state index is 0.586. The Morgan fingerprint density at radius 1 is 1.20 bits per heavy atom. The fourth-order valence-electron chi connectivity index (χ4n) is 3.54. The van der Waals surface area contributed by atoms with E-state index in [1.807, 2.05) is 42.6 Å². The molecule has 1 fully saturated rings. The topological polar surface area (TPSA) is 66.4 Å². The number of nitrogens with one attached hydrogen (secondary N) is 1. The van der Waals surface area contributed by atoms with Crippen LogP contribution in [0.4, 0.5) is 10.8 Å². The van der Waals surface area contributed by atoms with E-state index in [4.69, 9.17) is 9.47 Å². The third-order valence-electron chi connectivity index (χ3n) is 5.17. The highest BCUT2D eigenvalue weighted by Gasteiger charge is 2.18. The number of thiazole rings is 1. The summed E-state index contributed by atoms with van der Waals surface area (Å²) in [6.45, 7) is 3.70. The van der Waals surface area contributed by atoms with Crippen molar-refractivity contribution in [3.63, 3.8) is 0 Å². The molecule has 1 aromatic heterocycles. The van der Waals surface area contributed by atoms with Crippen molar-refractivity contribution in [2.45, 2.75) is 31.1 Å². The van der Waals surface area contributed by atoms with E-state index in [-0.39, 0.29) is 0 Å². The van der Waals surface area contributed by atoms with Gasteiger partial charge in [-0.05, 0) is 91.3 Å². The minimum atomic E-state index is -0.995. The van der Waals surface area contributed by atoms with Gasteiger partial charge in [-0.3, -0.25) is 0 Å². The van der Waals surface area contributed by atoms with E-state index in [1.165, 1.54) is 10.4 Å². The number of benzene rings is 2. The van der Waals surface area contributed by atoms with Crippen LogP contribution in [0, 0.1) is 12.8 Å². The Bertz CT molecular complexity index is 967. The molecule has 30 heavy (non-hydrogen) atoms. The molecule has 0 radical (unpaired) electrons. The molecule has 3 aromatic rings. The standard InChI is InChI=1S/C23H26N2O3S2/c1-16-15-24-23(29-16)25-19-3-8-22(18(14-19)13-17-9-11-27-12-10-17)28-20-4-6-21(7-5-20)30(2)26/h3-8,14-15,17H,9-13H2,1-2H3,(H,24,25). The first-order valence-corrected chi connectivity index (χ1v) is 12.5. The van der Waals surface area contributed by atoms with Crippen LogP contribution in [0.1, 0.15) is 23.3 Å². The first kappa shape index (κ1) is 21.2. The highest BCUT2D eigenvalue weighted by atomic mass is 32.2. The molecule has 5 nitrogen and oxygen atoms in total. The fraction of sp³-hybridized carbons (Fsp3) is 0.348. The average Bonchev–Trinajstić information content (AvgIpc) is 3.15. The lowest BCUT2D eigenvalue weighted by Gasteiger charge is -2.23. The zero-order valence-corrected chi connectivity index (χ0v) is 18.9. The summed E-state index contributed by atoms with van der Waals surface area (Å²) in [5.41, 5.74) is 2.18. The van der Waals surface area contributed by atoms with Crippen LogP contribution in [0.5, 0.6) is 11.5 Å². The molecule has 1 unspecified atom stereocenters. The van der Waals surface area contributed by atoms with Gasteiger partial charge in [-0.1, -0.05) is 0 Å². The van der Waals surface area contributed by atoms with Crippen LogP contribution in [-0.4, -0.2) is 29.0 Å². The van der Waals surface area contributed by atoms with E-state index in [9.17, 15) is 4.55 Å². The van der Waals surface area contributed by atoms with Crippen molar-refractivity contribution in [2.75, 3.05) is 24.8 Å². The normalized spacial score (nSPS) is 15.7. The fourth-order valence-corrected chi connectivity index (χ4v) is 4.74. The van der Waals surface area contributed by atoms with E-state index in [0.717, 1.165) is 59.7 Å². The second-order valence-corrected chi connectivity index (χ2v) is 10.1. The molecule has 158 valence electrons. The van der Waals surface area contributed by atoms with Gasteiger partial charge in [-0.15, -0.1) is 11.3 Å². The average molecular weight is 443 g/mol. The summed E-state index contributed by atoms with van der Waals surface area (Å²) in [6.07, 6.45) is 6.64. The quantitative estimate of drug-likeness (QED) is 0.476. The zero-order valence-electron chi connectivity index (χ0n) is 17.2. The van der Waals surface area contributed by atoms with E-state index >= 15 is 0 Å². The number of hydrogen-bond acceptors (Lipinski definition) is 6. The molecule has 2 heterocycles. The number of ether oxygens (including phenoxy) is 2. The molecule has 0 aliphatic carbocycles. The Labute approximate surface area is 184 Å². The maximum atomic E-state index is 11.6. The van der Waals surface area contributed by atoms with Crippen molar-refractivity contribution in [3.05, 3.63) is 59.1 Å². The van der Waals surface area contributed by atoms with Gasteiger partial charge >= 0.3 is 0 Å². The summed E-state index contributed by atoms with van der Waals surface area (Å²) >= 11 is 0.645. The Morgan fingerprint density at radius 2 is 1.97 bits per heavy atom. The van der Waals surface area contributed by atoms with Crippen molar-refractivity contribution in [1.29, 1.82) is 0 Å². The van der Waals surface area contributed by atoms with E-state index < -0.39 is 11.2 Å². The third kappa shape index (κ3) is 5.55. The third-order valence-corrected chi connectivity index (χ3v) is 6.93. The Kier molecular flexibility index (Phi) is 6.94. The minimum Gasteiger partial charge on any atom is -0.612 e. The van der Waals surface area contributed by atoms with Gasteiger partial charge in [-0.25, -0.2) is 4.98 Å². The zero-order chi connectivity index (χ0) is 20.9. The maximum Gasteiger partial charge on any atom is 0.187 e. The summed E-state index contributed by atoms with van der Waals surface area (Å²) in [6, 6.07) is 13.7. The summed E-state index contributed by atoms with van der Waals surface area (Å²) in [7, 11) is 0. The highest BCUT2D eigenvalue weighted by molar-refractivity contribution is 7.90. The number of aromatic nitrogens is 1. The summed E-state index contributed by atoms with van der Waals surface area (Å²) < 4.78 is 23.4. The monoisotopic (exact) mass is 442 g/mol. The van der Waals surface area contributed by atoms with Gasteiger partial charge in [0.1, 0.15) is 17.8 Å². The Hall–Kier alpha value is -2.06. The predicted octanol–water partition coefficient (Wildman–Crippen LogP) is 5.69. The maximum absolute atomic E-state index is 11.6. The van der Waals surface area contributed by atoms with Crippen LogP contribution in [0.15, 0.2) is 53.6 Å². The van der Waals surface area contributed by atoms with Crippen LogP contribution >= 0.6 is 11.3 Å². The van der Waals surface area contributed by atoms with Crippen LogP contribution in [0.2, 0.25) is 0 Å². The van der Waals surface area contributed by atoms with Gasteiger partial charge in [0.2, 0.25) is 0 Å². The number of nitrogens with zero attached hydrogens (tertiary/aromatic N) is 1. The molecule has 4 rings (SSSR count). The lowest BCUT2D eigenvalue weighted by atomic mass is 9.92. The number of anilines is 2. The SMILES string of the molecule is Cc1cnc(Nc2ccc(Oc3ccc([S+](C)[O-])cc3)c(CC3CCOCC3)c2)s1. The molecule has 0 spiro atoms. The number of rotatable bonds is 7. The Balaban J connectivity index is 1.56. The molecule has 1 aliphatic heterocycles. The molecule has 1 saturated heterocycles. The molecule has 7 heteroatoms. The van der Waals surface area contributed by atoms with Crippen molar-refractivity contribution >= 4 is 33.3 Å². The van der Waals surface area contributed by atoms with Crippen LogP contribution in [0.3, 0.4) is 0 Å². The van der Waals surface area contributed by atoms with Gasteiger partial charge in [0.05, 0.1) is 0 Å². The summed E-state index contributed by atoms with van der Waals surface area (Å²) in [5, 5.41) is 4.30. The molecule has 0 saturated carbocycles. The summed E-state index contributed by atoms with van der Waals surface area (Å²) in [4.78, 5) is 6.38. The van der Waals surface area contributed by atoms with Crippen molar-refractivity contribution in [3.8, 4) is 11.5 Å². The van der Waals surface area contributed by atoms with Crippen LogP contribution in [-0.2, 0) is 22.3 Å². The Morgan fingerprint density at radius 3 is 2.63 bits per heavy atom. The molecule has 0 bridgehead atoms. The van der Waals surface area contributed by atoms with Gasteiger partial charge in [-0.2, -0.15) is 0 Å². The predicted molar refractivity (Wildman–Crippen MR) is 123 cm³/mol. The second-order valence-electron chi connectivity index (χ2n) is 7.51. The number of hydrogen-bond donors (Lipinski definition) is 1. The molecule has 1 aliphatic rings. The largest absolute Gasteiger partial charge is 0.612 e. The van der Waals surface area contributed by atoms with Gasteiger partial charge in [0.15, 0.2) is 10.0 Å². The molecule has 1 atom stereocenters. The molecular formula is C23H26N2O3S2.